The molecule has 2 radical (unpaired) electrons. The third-order valence-corrected chi connectivity index (χ3v) is 0.569. The molecule has 1 amide bonds. The number of rotatable bonds is 1. The van der Waals surface area contributed by atoms with E-state index in [1.54, 1.807) is 13.8 Å². The van der Waals surface area contributed by atoms with Crippen molar-refractivity contribution in [3.63, 3.8) is 0 Å². The summed E-state index contributed by atoms with van der Waals surface area (Å²) in [6.07, 6.45) is 0. The van der Waals surface area contributed by atoms with Gasteiger partial charge in [-0.1, -0.05) is 13.8 Å². The summed E-state index contributed by atoms with van der Waals surface area (Å²) in [7, 11) is 0. The van der Waals surface area contributed by atoms with E-state index in [9.17, 15) is 4.79 Å². The summed E-state index contributed by atoms with van der Waals surface area (Å²) in [5.41, 5.74) is 4.80. The van der Waals surface area contributed by atoms with Crippen LogP contribution in [0.2, 0.25) is 0 Å². The molecular weight excluding hydrogens is 200 g/mol. The Morgan fingerprint density at radius 3 is 1.71 bits per heavy atom. The molecule has 7 heavy (non-hydrogen) atoms. The Morgan fingerprint density at radius 1 is 1.57 bits per heavy atom. The van der Waals surface area contributed by atoms with Crippen LogP contribution in [0.4, 0.5) is 0 Å². The topological polar surface area (TPSA) is 43.1 Å². The molecule has 0 aliphatic carbocycles. The van der Waals surface area contributed by atoms with Crippen molar-refractivity contribution < 1.29 is 4.79 Å². The zero-order valence-corrected chi connectivity index (χ0v) is 7.06. The first-order valence-corrected chi connectivity index (χ1v) is 1.94. The van der Waals surface area contributed by atoms with Gasteiger partial charge in [-0.2, -0.15) is 0 Å². The van der Waals surface area contributed by atoms with Crippen LogP contribution in [0.1, 0.15) is 13.8 Å². The third-order valence-electron chi connectivity index (χ3n) is 0.569. The van der Waals surface area contributed by atoms with E-state index in [1.807, 2.05) is 0 Å². The summed E-state index contributed by atoms with van der Waals surface area (Å²) >= 11 is 0. The average Bonchev–Trinajstić information content (AvgIpc) is 1.36. The fraction of sp³-hybridized carbons (Fsp3) is 0.750. The molecule has 0 aromatic heterocycles. The first kappa shape index (κ1) is 10.3. The molecule has 0 rings (SSSR count). The molecule has 0 saturated carbocycles. The van der Waals surface area contributed by atoms with Crippen LogP contribution in [0.25, 0.3) is 0 Å². The molecule has 0 unspecified atom stereocenters. The Balaban J connectivity index is 0. The van der Waals surface area contributed by atoms with Crippen molar-refractivity contribution in [3.05, 3.63) is 0 Å². The second-order valence-electron chi connectivity index (χ2n) is 1.56. The number of hydrogen-bond donors (Lipinski definition) is 1. The van der Waals surface area contributed by atoms with E-state index in [0.29, 0.717) is 0 Å². The molecule has 0 heterocycles. The second kappa shape index (κ2) is 4.45. The SMILES string of the molecule is CC(C)C(N)=O.[Sb+3]. The molecule has 0 aromatic rings. The van der Waals surface area contributed by atoms with Crippen LogP contribution in [0, 0.1) is 5.92 Å². The van der Waals surface area contributed by atoms with Crippen molar-refractivity contribution >= 4 is 30.3 Å². The molecule has 0 atom stereocenters. The summed E-state index contributed by atoms with van der Waals surface area (Å²) in [6, 6.07) is 0. The van der Waals surface area contributed by atoms with Gasteiger partial charge in [0.05, 0.1) is 0 Å². The molecule has 0 bridgehead atoms. The Kier molecular flexibility index (Phi) is 6.55. The maximum absolute atomic E-state index is 9.92. The first-order chi connectivity index (χ1) is 2.64. The Labute approximate surface area is 60.9 Å². The molecule has 2 N–H and O–H groups in total. The monoisotopic (exact) mass is 208 g/mol. The van der Waals surface area contributed by atoms with Crippen molar-refractivity contribution in [2.75, 3.05) is 0 Å². The zero-order chi connectivity index (χ0) is 5.15. The molecule has 2 nitrogen and oxygen atoms in total. The molecule has 0 saturated heterocycles. The largest absolute Gasteiger partial charge is 3.00 e. The van der Waals surface area contributed by atoms with E-state index in [4.69, 9.17) is 5.73 Å². The quantitative estimate of drug-likeness (QED) is 0.594. The van der Waals surface area contributed by atoms with Crippen LogP contribution in [-0.2, 0) is 4.79 Å². The van der Waals surface area contributed by atoms with Gasteiger partial charge >= 0.3 is 24.4 Å². The van der Waals surface area contributed by atoms with Crippen LogP contribution < -0.4 is 5.73 Å². The van der Waals surface area contributed by atoms with Crippen LogP contribution in [-0.4, -0.2) is 30.3 Å². The summed E-state index contributed by atoms with van der Waals surface area (Å²) < 4.78 is 0. The summed E-state index contributed by atoms with van der Waals surface area (Å²) in [6.45, 7) is 3.53. The van der Waals surface area contributed by atoms with Crippen molar-refractivity contribution in [1.29, 1.82) is 0 Å². The van der Waals surface area contributed by atoms with Gasteiger partial charge in [0.25, 0.3) is 0 Å². The fourth-order valence-electron chi connectivity index (χ4n) is 0. The van der Waals surface area contributed by atoms with Gasteiger partial charge in [-0.25, -0.2) is 0 Å². The minimum Gasteiger partial charge on any atom is -0.369 e. The van der Waals surface area contributed by atoms with Gasteiger partial charge in [0.2, 0.25) is 5.91 Å². The number of hydrogen-bond acceptors (Lipinski definition) is 1. The van der Waals surface area contributed by atoms with E-state index in [-0.39, 0.29) is 36.3 Å². The Hall–Kier alpha value is 0.288. The van der Waals surface area contributed by atoms with Crippen LogP contribution in [0.15, 0.2) is 0 Å². The number of primary amides is 1. The predicted octanol–water partition coefficient (Wildman–Crippen LogP) is -0.253. The smallest absolute Gasteiger partial charge is 0.369 e. The Bertz CT molecular complexity index is 62.7. The molecule has 0 aromatic carbocycles. The van der Waals surface area contributed by atoms with Gasteiger partial charge in [0.15, 0.2) is 0 Å². The minimum atomic E-state index is -0.241. The minimum absolute atomic E-state index is 0. The number of carbonyl (C=O) groups excluding carboxylic acids is 1. The van der Waals surface area contributed by atoms with Crippen LogP contribution >= 0.6 is 0 Å². The van der Waals surface area contributed by atoms with Gasteiger partial charge in [-0.15, -0.1) is 0 Å². The fourth-order valence-corrected chi connectivity index (χ4v) is 0. The number of amides is 1. The molecule has 0 aliphatic rings. The molecule has 3 heteroatoms. The molecule has 0 aliphatic heterocycles. The summed E-state index contributed by atoms with van der Waals surface area (Å²) in [4.78, 5) is 9.92. The van der Waals surface area contributed by atoms with Crippen molar-refractivity contribution in [3.8, 4) is 0 Å². The summed E-state index contributed by atoms with van der Waals surface area (Å²) in [5.74, 6) is -0.250. The molecule has 38 valence electrons. The normalized spacial score (nSPS) is 7.86. The molecular formula is C4H9NOSb+3. The zero-order valence-electron chi connectivity index (χ0n) is 4.51. The van der Waals surface area contributed by atoms with E-state index in [1.165, 1.54) is 0 Å². The van der Waals surface area contributed by atoms with E-state index in [0.717, 1.165) is 0 Å². The number of nitrogens with two attached hydrogens (primary N) is 1. The maximum atomic E-state index is 9.92. The van der Waals surface area contributed by atoms with E-state index >= 15 is 0 Å². The van der Waals surface area contributed by atoms with Gasteiger partial charge in [-0.05, 0) is 0 Å². The standard InChI is InChI=1S/C4H9NO.Sb/c1-3(2)4(5)6;/h3H,1-2H3,(H2,5,6);/q;+3. The van der Waals surface area contributed by atoms with Crippen molar-refractivity contribution in [1.82, 2.24) is 0 Å². The van der Waals surface area contributed by atoms with Crippen LogP contribution in [0.3, 0.4) is 0 Å². The Morgan fingerprint density at radius 2 is 1.71 bits per heavy atom. The third kappa shape index (κ3) is 6.29. The number of carbonyl (C=O) groups is 1. The average molecular weight is 209 g/mol. The second-order valence-corrected chi connectivity index (χ2v) is 1.56. The molecule has 0 spiro atoms. The van der Waals surface area contributed by atoms with E-state index in [2.05, 4.69) is 0 Å². The van der Waals surface area contributed by atoms with Crippen LogP contribution in [0.5, 0.6) is 0 Å². The molecule has 0 fully saturated rings. The van der Waals surface area contributed by atoms with Crippen molar-refractivity contribution in [2.24, 2.45) is 11.7 Å². The van der Waals surface area contributed by atoms with Crippen molar-refractivity contribution in [2.45, 2.75) is 13.8 Å². The van der Waals surface area contributed by atoms with Gasteiger partial charge in [-0.3, -0.25) is 4.79 Å². The van der Waals surface area contributed by atoms with Gasteiger partial charge in [0, 0.05) is 5.92 Å². The first-order valence-electron chi connectivity index (χ1n) is 1.94. The summed E-state index contributed by atoms with van der Waals surface area (Å²) in [5, 5.41) is 0. The van der Waals surface area contributed by atoms with Gasteiger partial charge < -0.3 is 5.73 Å². The predicted molar refractivity (Wildman–Crippen MR) is 29.8 cm³/mol. The maximum Gasteiger partial charge on any atom is 3.00 e. The van der Waals surface area contributed by atoms with E-state index < -0.39 is 0 Å². The van der Waals surface area contributed by atoms with Gasteiger partial charge in [0.1, 0.15) is 0 Å².